The lowest BCUT2D eigenvalue weighted by molar-refractivity contribution is -0.122. The van der Waals surface area contributed by atoms with Gasteiger partial charge in [0.2, 0.25) is 5.91 Å². The first-order valence-electron chi connectivity index (χ1n) is 5.20. The standard InChI is InChI=1S/C10H17N3O/c11-6-2-1-3-7-12-9-4-5-10(14)13-8-9/h9,12H,1-5,7-8H2,(H,13,14). The van der Waals surface area contributed by atoms with Crippen molar-refractivity contribution >= 4 is 5.91 Å². The van der Waals surface area contributed by atoms with Gasteiger partial charge in [-0.25, -0.2) is 0 Å². The highest BCUT2D eigenvalue weighted by atomic mass is 16.1. The first-order chi connectivity index (χ1) is 6.83. The van der Waals surface area contributed by atoms with Crippen LogP contribution in [0.4, 0.5) is 0 Å². The summed E-state index contributed by atoms with van der Waals surface area (Å²) in [6.07, 6.45) is 4.21. The van der Waals surface area contributed by atoms with E-state index < -0.39 is 0 Å². The van der Waals surface area contributed by atoms with E-state index in [-0.39, 0.29) is 5.91 Å². The smallest absolute Gasteiger partial charge is 0.220 e. The van der Waals surface area contributed by atoms with Crippen LogP contribution in [0.15, 0.2) is 0 Å². The Labute approximate surface area is 84.7 Å². The molecule has 0 aromatic heterocycles. The van der Waals surface area contributed by atoms with Crippen LogP contribution < -0.4 is 10.6 Å². The van der Waals surface area contributed by atoms with E-state index in [0.717, 1.165) is 32.4 Å². The molecule has 2 N–H and O–H groups in total. The number of nitriles is 1. The summed E-state index contributed by atoms with van der Waals surface area (Å²) in [4.78, 5) is 10.8. The molecular formula is C10H17N3O. The van der Waals surface area contributed by atoms with E-state index in [1.807, 2.05) is 0 Å². The zero-order valence-corrected chi connectivity index (χ0v) is 8.38. The highest BCUT2D eigenvalue weighted by molar-refractivity contribution is 5.76. The minimum absolute atomic E-state index is 0.160. The van der Waals surface area contributed by atoms with Gasteiger partial charge in [0, 0.05) is 25.4 Å². The first kappa shape index (κ1) is 11.0. The van der Waals surface area contributed by atoms with Gasteiger partial charge in [-0.05, 0) is 25.8 Å². The van der Waals surface area contributed by atoms with Crippen molar-refractivity contribution in [1.29, 1.82) is 5.26 Å². The molecule has 1 aliphatic rings. The zero-order chi connectivity index (χ0) is 10.2. The van der Waals surface area contributed by atoms with Gasteiger partial charge in [0.05, 0.1) is 6.07 Å². The van der Waals surface area contributed by atoms with Crippen LogP contribution in [-0.4, -0.2) is 25.0 Å². The predicted octanol–water partition coefficient (Wildman–Crippen LogP) is 0.548. The Hall–Kier alpha value is -1.08. The molecule has 1 unspecified atom stereocenters. The molecule has 0 aromatic rings. The number of carbonyl (C=O) groups is 1. The van der Waals surface area contributed by atoms with Crippen LogP contribution in [0, 0.1) is 11.3 Å². The predicted molar refractivity (Wildman–Crippen MR) is 53.5 cm³/mol. The Morgan fingerprint density at radius 3 is 3.07 bits per heavy atom. The lowest BCUT2D eigenvalue weighted by atomic mass is 10.1. The first-order valence-corrected chi connectivity index (χ1v) is 5.20. The van der Waals surface area contributed by atoms with Gasteiger partial charge < -0.3 is 10.6 Å². The SMILES string of the molecule is N#CCCCCNC1CCC(=O)NC1. The summed E-state index contributed by atoms with van der Waals surface area (Å²) in [7, 11) is 0. The highest BCUT2D eigenvalue weighted by Gasteiger charge is 2.16. The van der Waals surface area contributed by atoms with Crippen LogP contribution in [0.5, 0.6) is 0 Å². The number of unbranched alkanes of at least 4 members (excludes halogenated alkanes) is 2. The number of nitrogens with zero attached hydrogens (tertiary/aromatic N) is 1. The van der Waals surface area contributed by atoms with Gasteiger partial charge in [0.15, 0.2) is 0 Å². The molecule has 1 aliphatic heterocycles. The fourth-order valence-electron chi connectivity index (χ4n) is 1.54. The molecule has 0 saturated carbocycles. The molecule has 0 aliphatic carbocycles. The monoisotopic (exact) mass is 195 g/mol. The van der Waals surface area contributed by atoms with Gasteiger partial charge in [-0.15, -0.1) is 0 Å². The average Bonchev–Trinajstić information content (AvgIpc) is 2.21. The molecule has 1 heterocycles. The summed E-state index contributed by atoms with van der Waals surface area (Å²) in [5.74, 6) is 0.160. The summed E-state index contributed by atoms with van der Waals surface area (Å²) in [6.45, 7) is 1.69. The molecule has 0 spiro atoms. The van der Waals surface area contributed by atoms with Gasteiger partial charge in [-0.3, -0.25) is 4.79 Å². The molecule has 0 aromatic carbocycles. The van der Waals surface area contributed by atoms with Gasteiger partial charge in [-0.2, -0.15) is 5.26 Å². The third-order valence-corrected chi connectivity index (χ3v) is 2.41. The Balaban J connectivity index is 1.97. The number of nitrogens with one attached hydrogen (secondary N) is 2. The van der Waals surface area contributed by atoms with Crippen LogP contribution in [0.3, 0.4) is 0 Å². The molecular weight excluding hydrogens is 178 g/mol. The van der Waals surface area contributed by atoms with Crippen LogP contribution in [0.1, 0.15) is 32.1 Å². The largest absolute Gasteiger partial charge is 0.355 e. The Morgan fingerprint density at radius 1 is 1.57 bits per heavy atom. The van der Waals surface area contributed by atoms with Gasteiger partial charge in [0.1, 0.15) is 0 Å². The van der Waals surface area contributed by atoms with Gasteiger partial charge >= 0.3 is 0 Å². The molecule has 1 rings (SSSR count). The second-order valence-corrected chi connectivity index (χ2v) is 3.61. The molecule has 0 radical (unpaired) electrons. The van der Waals surface area contributed by atoms with Crippen LogP contribution in [0.2, 0.25) is 0 Å². The number of hydrogen-bond donors (Lipinski definition) is 2. The third-order valence-electron chi connectivity index (χ3n) is 2.41. The second kappa shape index (κ2) is 6.39. The minimum atomic E-state index is 0.160. The normalized spacial score (nSPS) is 21.4. The second-order valence-electron chi connectivity index (χ2n) is 3.61. The molecule has 1 atom stereocenters. The van der Waals surface area contributed by atoms with E-state index in [0.29, 0.717) is 18.9 Å². The maximum absolute atomic E-state index is 10.8. The number of amides is 1. The molecule has 78 valence electrons. The van der Waals surface area contributed by atoms with Crippen LogP contribution >= 0.6 is 0 Å². The van der Waals surface area contributed by atoms with Gasteiger partial charge in [-0.1, -0.05) is 0 Å². The van der Waals surface area contributed by atoms with Crippen molar-refractivity contribution in [3.8, 4) is 6.07 Å². The van der Waals surface area contributed by atoms with Crippen molar-refractivity contribution < 1.29 is 4.79 Å². The summed E-state index contributed by atoms with van der Waals surface area (Å²) in [5, 5.41) is 14.5. The minimum Gasteiger partial charge on any atom is -0.355 e. The topological polar surface area (TPSA) is 64.9 Å². The Bertz CT molecular complexity index is 212. The van der Waals surface area contributed by atoms with E-state index >= 15 is 0 Å². The molecule has 1 saturated heterocycles. The molecule has 4 heteroatoms. The molecule has 1 fully saturated rings. The van der Waals surface area contributed by atoms with Crippen molar-refractivity contribution in [2.24, 2.45) is 0 Å². The fourth-order valence-corrected chi connectivity index (χ4v) is 1.54. The quantitative estimate of drug-likeness (QED) is 0.630. The third kappa shape index (κ3) is 4.24. The van der Waals surface area contributed by atoms with E-state index in [1.54, 1.807) is 0 Å². The number of carbonyl (C=O) groups excluding carboxylic acids is 1. The zero-order valence-electron chi connectivity index (χ0n) is 8.38. The maximum atomic E-state index is 10.8. The van der Waals surface area contributed by atoms with Gasteiger partial charge in [0.25, 0.3) is 0 Å². The van der Waals surface area contributed by atoms with Crippen LogP contribution in [-0.2, 0) is 4.79 Å². The van der Waals surface area contributed by atoms with E-state index in [2.05, 4.69) is 16.7 Å². The lowest BCUT2D eigenvalue weighted by Crippen LogP contribution is -2.45. The number of hydrogen-bond acceptors (Lipinski definition) is 3. The molecule has 1 amide bonds. The summed E-state index contributed by atoms with van der Waals surface area (Å²) in [5.41, 5.74) is 0. The molecule has 4 nitrogen and oxygen atoms in total. The number of piperidine rings is 1. The lowest BCUT2D eigenvalue weighted by Gasteiger charge is -2.23. The summed E-state index contributed by atoms with van der Waals surface area (Å²) < 4.78 is 0. The Kier molecular flexibility index (Phi) is 5.02. The maximum Gasteiger partial charge on any atom is 0.220 e. The van der Waals surface area contributed by atoms with Crippen molar-refractivity contribution in [3.63, 3.8) is 0 Å². The summed E-state index contributed by atoms with van der Waals surface area (Å²) >= 11 is 0. The van der Waals surface area contributed by atoms with Crippen molar-refractivity contribution in [3.05, 3.63) is 0 Å². The van der Waals surface area contributed by atoms with Crippen molar-refractivity contribution in [2.75, 3.05) is 13.1 Å². The highest BCUT2D eigenvalue weighted by Crippen LogP contribution is 2.02. The molecule has 0 bridgehead atoms. The molecule has 14 heavy (non-hydrogen) atoms. The summed E-state index contributed by atoms with van der Waals surface area (Å²) in [6, 6.07) is 2.55. The van der Waals surface area contributed by atoms with Crippen molar-refractivity contribution in [2.45, 2.75) is 38.1 Å². The average molecular weight is 195 g/mol. The van der Waals surface area contributed by atoms with E-state index in [9.17, 15) is 4.79 Å². The Morgan fingerprint density at radius 2 is 2.43 bits per heavy atom. The van der Waals surface area contributed by atoms with E-state index in [4.69, 9.17) is 5.26 Å². The van der Waals surface area contributed by atoms with E-state index in [1.165, 1.54) is 0 Å². The van der Waals surface area contributed by atoms with Crippen molar-refractivity contribution in [1.82, 2.24) is 10.6 Å². The number of rotatable bonds is 5. The fraction of sp³-hybridized carbons (Fsp3) is 0.800. The van der Waals surface area contributed by atoms with Crippen LogP contribution in [0.25, 0.3) is 0 Å².